The second kappa shape index (κ2) is 6.17. The van der Waals surface area contributed by atoms with Gasteiger partial charge < -0.3 is 15.1 Å². The van der Waals surface area contributed by atoms with Crippen LogP contribution in [0.2, 0.25) is 0 Å². The lowest BCUT2D eigenvalue weighted by atomic mass is 9.89. The SMILES string of the molecule is CCN(CCCN(C)C)CC1CC2CCC1N2. The van der Waals surface area contributed by atoms with Crippen molar-refractivity contribution in [1.82, 2.24) is 15.1 Å². The monoisotopic (exact) mass is 239 g/mol. The molecule has 2 aliphatic rings. The van der Waals surface area contributed by atoms with Gasteiger partial charge in [-0.05, 0) is 65.3 Å². The van der Waals surface area contributed by atoms with Crippen molar-refractivity contribution in [3.05, 3.63) is 0 Å². The van der Waals surface area contributed by atoms with Gasteiger partial charge in [-0.15, -0.1) is 0 Å². The van der Waals surface area contributed by atoms with Crippen LogP contribution < -0.4 is 5.32 Å². The zero-order valence-corrected chi connectivity index (χ0v) is 11.8. The Hall–Kier alpha value is -0.120. The average molecular weight is 239 g/mol. The highest BCUT2D eigenvalue weighted by molar-refractivity contribution is 4.98. The molecule has 0 radical (unpaired) electrons. The van der Waals surface area contributed by atoms with Gasteiger partial charge in [-0.1, -0.05) is 6.92 Å². The third kappa shape index (κ3) is 3.67. The van der Waals surface area contributed by atoms with Crippen molar-refractivity contribution in [2.45, 2.75) is 44.7 Å². The van der Waals surface area contributed by atoms with E-state index in [9.17, 15) is 0 Å². The highest BCUT2D eigenvalue weighted by Crippen LogP contribution is 2.33. The Morgan fingerprint density at radius 3 is 2.53 bits per heavy atom. The minimum absolute atomic E-state index is 0.836. The third-order valence-corrected chi connectivity index (χ3v) is 4.45. The van der Waals surface area contributed by atoms with Gasteiger partial charge in [0.2, 0.25) is 0 Å². The van der Waals surface area contributed by atoms with E-state index in [0.717, 1.165) is 18.0 Å². The van der Waals surface area contributed by atoms with E-state index in [1.165, 1.54) is 51.9 Å². The zero-order valence-electron chi connectivity index (χ0n) is 11.8. The van der Waals surface area contributed by atoms with Gasteiger partial charge in [-0.3, -0.25) is 0 Å². The summed E-state index contributed by atoms with van der Waals surface area (Å²) < 4.78 is 0. The summed E-state index contributed by atoms with van der Waals surface area (Å²) >= 11 is 0. The predicted octanol–water partition coefficient (Wildman–Crippen LogP) is 1.40. The highest BCUT2D eigenvalue weighted by Gasteiger charge is 2.39. The first kappa shape index (κ1) is 13.3. The summed E-state index contributed by atoms with van der Waals surface area (Å²) in [5.41, 5.74) is 0. The first-order valence-electron chi connectivity index (χ1n) is 7.32. The fourth-order valence-corrected chi connectivity index (χ4v) is 3.46. The fraction of sp³-hybridized carbons (Fsp3) is 1.00. The Kier molecular flexibility index (Phi) is 4.83. The van der Waals surface area contributed by atoms with Gasteiger partial charge in [0.15, 0.2) is 0 Å². The van der Waals surface area contributed by atoms with Gasteiger partial charge in [0.25, 0.3) is 0 Å². The molecular formula is C14H29N3. The second-order valence-corrected chi connectivity index (χ2v) is 6.09. The van der Waals surface area contributed by atoms with Crippen molar-refractivity contribution < 1.29 is 0 Å². The maximum absolute atomic E-state index is 3.75. The molecule has 0 aromatic heterocycles. The van der Waals surface area contributed by atoms with Crippen LogP contribution in [0.25, 0.3) is 0 Å². The van der Waals surface area contributed by atoms with Gasteiger partial charge in [0.1, 0.15) is 0 Å². The molecule has 1 N–H and O–H groups in total. The molecule has 2 heterocycles. The Morgan fingerprint density at radius 1 is 1.18 bits per heavy atom. The van der Waals surface area contributed by atoms with Crippen LogP contribution in [0, 0.1) is 5.92 Å². The van der Waals surface area contributed by atoms with Crippen LogP contribution >= 0.6 is 0 Å². The van der Waals surface area contributed by atoms with E-state index in [2.05, 4.69) is 36.1 Å². The van der Waals surface area contributed by atoms with Crippen molar-refractivity contribution in [2.24, 2.45) is 5.92 Å². The number of nitrogens with one attached hydrogen (secondary N) is 1. The molecule has 0 aromatic rings. The summed E-state index contributed by atoms with van der Waals surface area (Å²) in [6, 6.07) is 1.69. The van der Waals surface area contributed by atoms with E-state index in [1.54, 1.807) is 0 Å². The normalized spacial score (nSPS) is 31.9. The quantitative estimate of drug-likeness (QED) is 0.724. The van der Waals surface area contributed by atoms with Crippen LogP contribution in [0.5, 0.6) is 0 Å². The molecule has 0 aromatic carbocycles. The van der Waals surface area contributed by atoms with E-state index in [-0.39, 0.29) is 0 Å². The van der Waals surface area contributed by atoms with Crippen molar-refractivity contribution in [1.29, 1.82) is 0 Å². The lowest BCUT2D eigenvalue weighted by Crippen LogP contribution is -2.36. The van der Waals surface area contributed by atoms with Crippen LogP contribution in [-0.4, -0.2) is 62.2 Å². The van der Waals surface area contributed by atoms with E-state index in [4.69, 9.17) is 0 Å². The molecule has 2 aliphatic heterocycles. The molecule has 0 amide bonds. The topological polar surface area (TPSA) is 18.5 Å². The van der Waals surface area contributed by atoms with Crippen LogP contribution in [0.1, 0.15) is 32.6 Å². The minimum Gasteiger partial charge on any atom is -0.311 e. The van der Waals surface area contributed by atoms with Crippen molar-refractivity contribution in [3.63, 3.8) is 0 Å². The summed E-state index contributed by atoms with van der Waals surface area (Å²) in [5, 5.41) is 3.75. The lowest BCUT2D eigenvalue weighted by molar-refractivity contribution is 0.210. The van der Waals surface area contributed by atoms with Gasteiger partial charge >= 0.3 is 0 Å². The number of nitrogens with zero attached hydrogens (tertiary/aromatic N) is 2. The minimum atomic E-state index is 0.836. The summed E-state index contributed by atoms with van der Waals surface area (Å²) in [4.78, 5) is 4.93. The molecule has 3 atom stereocenters. The highest BCUT2D eigenvalue weighted by atomic mass is 15.1. The van der Waals surface area contributed by atoms with Crippen molar-refractivity contribution in [2.75, 3.05) is 40.3 Å². The van der Waals surface area contributed by atoms with Gasteiger partial charge in [0, 0.05) is 18.6 Å². The van der Waals surface area contributed by atoms with Crippen LogP contribution in [0.4, 0.5) is 0 Å². The van der Waals surface area contributed by atoms with Gasteiger partial charge in [-0.25, -0.2) is 0 Å². The van der Waals surface area contributed by atoms with Gasteiger partial charge in [0.05, 0.1) is 0 Å². The van der Waals surface area contributed by atoms with Crippen molar-refractivity contribution >= 4 is 0 Å². The molecule has 2 rings (SSSR count). The number of hydrogen-bond acceptors (Lipinski definition) is 3. The zero-order chi connectivity index (χ0) is 12.3. The number of rotatable bonds is 7. The first-order valence-corrected chi connectivity index (χ1v) is 7.32. The van der Waals surface area contributed by atoms with Gasteiger partial charge in [-0.2, -0.15) is 0 Å². The summed E-state index contributed by atoms with van der Waals surface area (Å²) in [5.74, 6) is 0.924. The van der Waals surface area contributed by atoms with E-state index in [0.29, 0.717) is 0 Å². The molecule has 3 unspecified atom stereocenters. The number of fused-ring (bicyclic) bond motifs is 2. The van der Waals surface area contributed by atoms with E-state index >= 15 is 0 Å². The van der Waals surface area contributed by atoms with Crippen LogP contribution in [0.3, 0.4) is 0 Å². The Labute approximate surface area is 107 Å². The molecule has 2 bridgehead atoms. The molecule has 100 valence electrons. The van der Waals surface area contributed by atoms with E-state index < -0.39 is 0 Å². The van der Waals surface area contributed by atoms with Crippen molar-refractivity contribution in [3.8, 4) is 0 Å². The maximum Gasteiger partial charge on any atom is 0.0111 e. The molecule has 2 saturated heterocycles. The smallest absolute Gasteiger partial charge is 0.0111 e. The van der Waals surface area contributed by atoms with Crippen LogP contribution in [-0.2, 0) is 0 Å². The maximum atomic E-state index is 3.75. The largest absolute Gasteiger partial charge is 0.311 e. The molecule has 0 aliphatic carbocycles. The Morgan fingerprint density at radius 2 is 2.00 bits per heavy atom. The molecule has 0 saturated carbocycles. The predicted molar refractivity (Wildman–Crippen MR) is 73.3 cm³/mol. The Bertz CT molecular complexity index is 230. The second-order valence-electron chi connectivity index (χ2n) is 6.09. The molecule has 3 heteroatoms. The fourth-order valence-electron chi connectivity index (χ4n) is 3.46. The number of hydrogen-bond donors (Lipinski definition) is 1. The molecular weight excluding hydrogens is 210 g/mol. The molecule has 0 spiro atoms. The molecule has 3 nitrogen and oxygen atoms in total. The van der Waals surface area contributed by atoms with E-state index in [1.807, 2.05) is 0 Å². The first-order chi connectivity index (χ1) is 8.19. The molecule has 17 heavy (non-hydrogen) atoms. The average Bonchev–Trinajstić information content (AvgIpc) is 2.89. The summed E-state index contributed by atoms with van der Waals surface area (Å²) in [7, 11) is 4.33. The Balaban J connectivity index is 1.68. The lowest BCUT2D eigenvalue weighted by Gasteiger charge is -2.28. The summed E-state index contributed by atoms with van der Waals surface area (Å²) in [6.07, 6.45) is 5.57. The molecule has 2 fully saturated rings. The summed E-state index contributed by atoms with van der Waals surface area (Å²) in [6.45, 7) is 7.31. The third-order valence-electron chi connectivity index (χ3n) is 4.45. The standard InChI is InChI=1S/C14H29N3/c1-4-17(9-5-8-16(2)3)11-12-10-13-6-7-14(12)15-13/h12-15H,4-11H2,1-3H3. The van der Waals surface area contributed by atoms with Crippen LogP contribution in [0.15, 0.2) is 0 Å².